The summed E-state index contributed by atoms with van der Waals surface area (Å²) in [6.45, 7) is 6.81. The van der Waals surface area contributed by atoms with Gasteiger partial charge < -0.3 is 25.5 Å². The van der Waals surface area contributed by atoms with Gasteiger partial charge in [-0.05, 0) is 48.9 Å². The molecule has 1 amide bonds. The number of aromatic nitrogens is 3. The Morgan fingerprint density at radius 2 is 1.72 bits per heavy atom. The van der Waals surface area contributed by atoms with Gasteiger partial charge in [0.2, 0.25) is 0 Å². The second kappa shape index (κ2) is 11.8. The largest absolute Gasteiger partial charge is 0.504 e. The first kappa shape index (κ1) is 28.0. The molecule has 0 aliphatic carbocycles. The van der Waals surface area contributed by atoms with Crippen LogP contribution in [0.1, 0.15) is 54.3 Å². The highest BCUT2D eigenvalue weighted by atomic mass is 16.4. The summed E-state index contributed by atoms with van der Waals surface area (Å²) in [4.78, 5) is 38.6. The van der Waals surface area contributed by atoms with Crippen molar-refractivity contribution in [1.29, 1.82) is 0 Å². The van der Waals surface area contributed by atoms with E-state index in [1.165, 1.54) is 0 Å². The fraction of sp³-hybridized carbons (Fsp3) is 0.414. The Bertz CT molecular complexity index is 1320. The Hall–Kier alpha value is -4.05. The zero-order valence-electron chi connectivity index (χ0n) is 22.5. The van der Waals surface area contributed by atoms with Crippen molar-refractivity contribution in [2.75, 3.05) is 31.1 Å². The molecule has 4 N–H and O–H groups in total. The predicted octanol–water partition coefficient (Wildman–Crippen LogP) is 3.10. The molecule has 0 atom stereocenters. The van der Waals surface area contributed by atoms with Crippen LogP contribution in [0.15, 0.2) is 42.6 Å². The highest BCUT2D eigenvalue weighted by molar-refractivity contribution is 5.96. The third-order valence-corrected chi connectivity index (χ3v) is 7.27. The zero-order valence-corrected chi connectivity index (χ0v) is 22.5. The Labute approximate surface area is 227 Å². The van der Waals surface area contributed by atoms with E-state index in [-0.39, 0.29) is 29.2 Å². The van der Waals surface area contributed by atoms with Crippen LogP contribution in [0.4, 0.5) is 5.82 Å². The minimum Gasteiger partial charge on any atom is -0.504 e. The number of carbonyl (C=O) groups excluding carboxylic acids is 1. The summed E-state index contributed by atoms with van der Waals surface area (Å²) >= 11 is 0. The zero-order chi connectivity index (χ0) is 28.2. The number of hydrogen-bond acceptors (Lipinski definition) is 8. The normalized spacial score (nSPS) is 14.3. The van der Waals surface area contributed by atoms with E-state index in [9.17, 15) is 19.8 Å². The molecule has 0 bridgehead atoms. The van der Waals surface area contributed by atoms with Gasteiger partial charge in [-0.25, -0.2) is 15.0 Å². The summed E-state index contributed by atoms with van der Waals surface area (Å²) in [5.41, 5.74) is 3.00. The fourth-order valence-corrected chi connectivity index (χ4v) is 4.69. The molecule has 3 aromatic rings. The number of aryl methyl sites for hydroxylation is 1. The van der Waals surface area contributed by atoms with Crippen LogP contribution in [0.5, 0.6) is 5.75 Å². The average molecular weight is 534 g/mol. The standard InChI is InChI=1S/C29H35N5O5/c1-18-27(38)26(28(39)31-16-25(36)37)33-23(32-18)14-19-10-12-34(13-11-19)24-9-6-21(15-30-24)20-4-7-22(8-5-20)29(2,3)17-35/h4-9,15,19,35,38H,10-14,16-17H2,1-3H3,(H,31,39)(H,36,37). The Morgan fingerprint density at radius 3 is 2.31 bits per heavy atom. The number of carboxylic acid groups (broad SMARTS) is 1. The van der Waals surface area contributed by atoms with Crippen molar-refractivity contribution in [1.82, 2.24) is 20.3 Å². The van der Waals surface area contributed by atoms with Crippen molar-refractivity contribution >= 4 is 17.7 Å². The summed E-state index contributed by atoms with van der Waals surface area (Å²) in [6, 6.07) is 12.3. The van der Waals surface area contributed by atoms with Crippen molar-refractivity contribution in [3.05, 3.63) is 65.4 Å². The molecule has 0 radical (unpaired) electrons. The molecule has 4 rings (SSSR count). The van der Waals surface area contributed by atoms with Gasteiger partial charge in [0.15, 0.2) is 11.4 Å². The molecular formula is C29H35N5O5. The van der Waals surface area contributed by atoms with Crippen molar-refractivity contribution in [2.24, 2.45) is 5.92 Å². The molecule has 1 aromatic carbocycles. The minimum absolute atomic E-state index is 0.0910. The second-order valence-electron chi connectivity index (χ2n) is 10.7. The number of carboxylic acids is 1. The van der Waals surface area contributed by atoms with Crippen LogP contribution in [0.3, 0.4) is 0 Å². The lowest BCUT2D eigenvalue weighted by Gasteiger charge is -2.32. The average Bonchev–Trinajstić information content (AvgIpc) is 2.94. The number of benzene rings is 1. The molecule has 3 heterocycles. The number of anilines is 1. The van der Waals surface area contributed by atoms with E-state index >= 15 is 0 Å². The molecular weight excluding hydrogens is 498 g/mol. The molecule has 1 aliphatic rings. The SMILES string of the molecule is Cc1nc(CC2CCN(c3ccc(-c4ccc(C(C)(C)CO)cc4)cn3)CC2)nc(C(=O)NCC(=O)O)c1O. The summed E-state index contributed by atoms with van der Waals surface area (Å²) in [5, 5.41) is 30.8. The van der Waals surface area contributed by atoms with Crippen LogP contribution in [-0.4, -0.2) is 68.4 Å². The molecule has 1 aliphatic heterocycles. The Kier molecular flexibility index (Phi) is 8.44. The molecule has 1 saturated heterocycles. The highest BCUT2D eigenvalue weighted by Gasteiger charge is 2.24. The lowest BCUT2D eigenvalue weighted by atomic mass is 9.85. The lowest BCUT2D eigenvalue weighted by molar-refractivity contribution is -0.135. The number of amides is 1. The number of rotatable bonds is 9. The van der Waals surface area contributed by atoms with Gasteiger partial charge in [0.05, 0.1) is 12.3 Å². The third kappa shape index (κ3) is 6.69. The number of aromatic hydroxyl groups is 1. The number of nitrogens with one attached hydrogen (secondary N) is 1. The number of hydrogen-bond donors (Lipinski definition) is 4. The number of nitrogens with zero attached hydrogens (tertiary/aromatic N) is 4. The molecule has 1 fully saturated rings. The maximum Gasteiger partial charge on any atom is 0.322 e. The van der Waals surface area contributed by atoms with E-state index in [2.05, 4.69) is 50.5 Å². The van der Waals surface area contributed by atoms with Crippen LogP contribution < -0.4 is 10.2 Å². The van der Waals surface area contributed by atoms with Crippen LogP contribution in [-0.2, 0) is 16.6 Å². The smallest absolute Gasteiger partial charge is 0.322 e. The van der Waals surface area contributed by atoms with E-state index in [0.29, 0.717) is 18.2 Å². The van der Waals surface area contributed by atoms with Crippen LogP contribution in [0.25, 0.3) is 11.1 Å². The van der Waals surface area contributed by atoms with Gasteiger partial charge in [-0.3, -0.25) is 9.59 Å². The maximum absolute atomic E-state index is 12.3. The third-order valence-electron chi connectivity index (χ3n) is 7.27. The topological polar surface area (TPSA) is 149 Å². The van der Waals surface area contributed by atoms with Crippen molar-refractivity contribution < 1.29 is 24.9 Å². The van der Waals surface area contributed by atoms with Gasteiger partial charge in [-0.15, -0.1) is 0 Å². The molecule has 0 spiro atoms. The molecule has 206 valence electrons. The van der Waals surface area contributed by atoms with Gasteiger partial charge >= 0.3 is 5.97 Å². The number of aliphatic hydroxyl groups is 1. The van der Waals surface area contributed by atoms with E-state index < -0.39 is 18.4 Å². The van der Waals surface area contributed by atoms with Crippen molar-refractivity contribution in [3.8, 4) is 16.9 Å². The molecule has 0 saturated carbocycles. The van der Waals surface area contributed by atoms with Gasteiger partial charge in [0.1, 0.15) is 18.2 Å². The van der Waals surface area contributed by atoms with E-state index in [1.807, 2.05) is 26.1 Å². The summed E-state index contributed by atoms with van der Waals surface area (Å²) in [5.74, 6) is -0.570. The molecule has 2 aromatic heterocycles. The van der Waals surface area contributed by atoms with E-state index in [0.717, 1.165) is 48.4 Å². The van der Waals surface area contributed by atoms with Crippen LogP contribution >= 0.6 is 0 Å². The molecule has 0 unspecified atom stereocenters. The number of piperidine rings is 1. The summed E-state index contributed by atoms with van der Waals surface area (Å²) in [7, 11) is 0. The molecule has 39 heavy (non-hydrogen) atoms. The number of carbonyl (C=O) groups is 2. The van der Waals surface area contributed by atoms with Gasteiger partial charge in [0.25, 0.3) is 5.91 Å². The first-order valence-corrected chi connectivity index (χ1v) is 13.1. The van der Waals surface area contributed by atoms with Crippen LogP contribution in [0, 0.1) is 12.8 Å². The van der Waals surface area contributed by atoms with Crippen LogP contribution in [0.2, 0.25) is 0 Å². The molecule has 10 heteroatoms. The van der Waals surface area contributed by atoms with E-state index in [1.54, 1.807) is 6.92 Å². The Morgan fingerprint density at radius 1 is 1.05 bits per heavy atom. The first-order chi connectivity index (χ1) is 18.6. The maximum atomic E-state index is 12.3. The van der Waals surface area contributed by atoms with Crippen molar-refractivity contribution in [3.63, 3.8) is 0 Å². The van der Waals surface area contributed by atoms with Gasteiger partial charge in [-0.2, -0.15) is 0 Å². The first-order valence-electron chi connectivity index (χ1n) is 13.1. The number of aliphatic hydroxyl groups excluding tert-OH is 1. The lowest BCUT2D eigenvalue weighted by Crippen LogP contribution is -2.35. The van der Waals surface area contributed by atoms with Gasteiger partial charge in [-0.1, -0.05) is 38.1 Å². The monoisotopic (exact) mass is 533 g/mol. The minimum atomic E-state index is -1.18. The van der Waals surface area contributed by atoms with Gasteiger partial charge in [0, 0.05) is 36.7 Å². The van der Waals surface area contributed by atoms with Crippen molar-refractivity contribution in [2.45, 2.75) is 45.4 Å². The second-order valence-corrected chi connectivity index (χ2v) is 10.7. The highest BCUT2D eigenvalue weighted by Crippen LogP contribution is 2.29. The quantitative estimate of drug-likeness (QED) is 0.325. The Balaban J connectivity index is 1.35. The number of aliphatic carboxylic acids is 1. The predicted molar refractivity (Wildman–Crippen MR) is 147 cm³/mol. The fourth-order valence-electron chi connectivity index (χ4n) is 4.69. The summed E-state index contributed by atoms with van der Waals surface area (Å²) < 4.78 is 0. The van der Waals surface area contributed by atoms with E-state index in [4.69, 9.17) is 10.1 Å². The number of pyridine rings is 1. The molecule has 10 nitrogen and oxygen atoms in total. The summed E-state index contributed by atoms with van der Waals surface area (Å²) in [6.07, 6.45) is 4.24.